The molecule has 0 aliphatic rings. The molecule has 3 rings (SSSR count). The summed E-state index contributed by atoms with van der Waals surface area (Å²) in [7, 11) is 3.32. The smallest absolute Gasteiger partial charge is 0.334 e. The lowest BCUT2D eigenvalue weighted by molar-refractivity contribution is -0.140. The van der Waals surface area contributed by atoms with Gasteiger partial charge in [-0.3, -0.25) is 14.6 Å². The molecule has 1 amide bonds. The van der Waals surface area contributed by atoms with Gasteiger partial charge < -0.3 is 4.90 Å². The molecule has 144 valence electrons. The van der Waals surface area contributed by atoms with Crippen molar-refractivity contribution < 1.29 is 18.0 Å². The van der Waals surface area contributed by atoms with E-state index in [0.717, 1.165) is 33.7 Å². The summed E-state index contributed by atoms with van der Waals surface area (Å²) >= 11 is 0.864. The number of thiazole rings is 1. The number of nitrogens with one attached hydrogen (secondary N) is 1. The third-order valence-corrected chi connectivity index (χ3v) is 4.97. The number of hydrogen-bond donors (Lipinski definition) is 1. The Morgan fingerprint density at radius 2 is 2.07 bits per heavy atom. The number of carbonyl (C=O) groups excluding carboxylic acids is 1. The van der Waals surface area contributed by atoms with Gasteiger partial charge >= 0.3 is 6.18 Å². The van der Waals surface area contributed by atoms with Gasteiger partial charge in [-0.25, -0.2) is 4.98 Å². The van der Waals surface area contributed by atoms with Crippen molar-refractivity contribution >= 4 is 17.2 Å². The number of alkyl halides is 3. The van der Waals surface area contributed by atoms with Gasteiger partial charge in [0.1, 0.15) is 10.7 Å². The van der Waals surface area contributed by atoms with E-state index in [1.54, 1.807) is 10.7 Å². The highest BCUT2D eigenvalue weighted by atomic mass is 32.1. The van der Waals surface area contributed by atoms with Crippen LogP contribution in [0.5, 0.6) is 0 Å². The lowest BCUT2D eigenvalue weighted by Gasteiger charge is -2.14. The molecule has 7 nitrogen and oxygen atoms in total. The molecule has 0 aliphatic carbocycles. The lowest BCUT2D eigenvalue weighted by atomic mass is 10.1. The molecule has 0 saturated heterocycles. The van der Waals surface area contributed by atoms with E-state index in [4.69, 9.17) is 0 Å². The molecule has 0 aliphatic heterocycles. The first-order chi connectivity index (χ1) is 12.6. The van der Waals surface area contributed by atoms with Crippen molar-refractivity contribution in [3.8, 4) is 11.3 Å². The molecule has 1 N–H and O–H groups in total. The second-order valence-corrected chi connectivity index (χ2v) is 7.06. The van der Waals surface area contributed by atoms with Crippen LogP contribution in [0.4, 0.5) is 13.2 Å². The van der Waals surface area contributed by atoms with E-state index >= 15 is 0 Å². The van der Waals surface area contributed by atoms with Gasteiger partial charge in [0, 0.05) is 30.7 Å². The number of amides is 1. The van der Waals surface area contributed by atoms with Crippen molar-refractivity contribution in [1.82, 2.24) is 29.9 Å². The van der Waals surface area contributed by atoms with Crippen LogP contribution in [0.15, 0.2) is 11.4 Å². The average Bonchev–Trinajstić information content (AvgIpc) is 3.27. The highest BCUT2D eigenvalue weighted by Crippen LogP contribution is 2.30. The minimum Gasteiger partial charge on any atom is -0.334 e. The Balaban J connectivity index is 1.76. The predicted octanol–water partition coefficient (Wildman–Crippen LogP) is 3.17. The van der Waals surface area contributed by atoms with Gasteiger partial charge in [-0.15, -0.1) is 11.3 Å². The zero-order chi connectivity index (χ0) is 19.9. The minimum atomic E-state index is -4.49. The molecule has 11 heteroatoms. The van der Waals surface area contributed by atoms with Gasteiger partial charge in [-0.2, -0.15) is 23.4 Å². The highest BCUT2D eigenvalue weighted by molar-refractivity contribution is 7.09. The molecule has 0 saturated carbocycles. The summed E-state index contributed by atoms with van der Waals surface area (Å²) in [5.74, 6) is -0.392. The molecule has 3 aromatic rings. The molecule has 0 aromatic carbocycles. The SMILES string of the molecule is Cc1nn(C)c(C)c1-c1cc(C(=O)N(C)Cc2nc(C(F)(F)F)cs2)[nH]n1. The maximum atomic E-state index is 12.6. The second-order valence-electron chi connectivity index (χ2n) is 6.12. The molecule has 27 heavy (non-hydrogen) atoms. The molecule has 0 fully saturated rings. The van der Waals surface area contributed by atoms with Crippen molar-refractivity contribution in [2.75, 3.05) is 7.05 Å². The molecule has 3 aromatic heterocycles. The van der Waals surface area contributed by atoms with Gasteiger partial charge in [0.2, 0.25) is 0 Å². The maximum Gasteiger partial charge on any atom is 0.434 e. The lowest BCUT2D eigenvalue weighted by Crippen LogP contribution is -2.26. The van der Waals surface area contributed by atoms with Crippen molar-refractivity contribution in [3.05, 3.63) is 39.2 Å². The second kappa shape index (κ2) is 6.80. The molecule has 0 atom stereocenters. The van der Waals surface area contributed by atoms with Crippen LogP contribution in [0.25, 0.3) is 11.3 Å². The summed E-state index contributed by atoms with van der Waals surface area (Å²) in [5.41, 5.74) is 2.41. The molecule has 0 bridgehead atoms. The fraction of sp³-hybridized carbons (Fsp3) is 0.375. The number of aromatic amines is 1. The first kappa shape index (κ1) is 19.1. The van der Waals surface area contributed by atoms with Crippen LogP contribution in [0.3, 0.4) is 0 Å². The highest BCUT2D eigenvalue weighted by Gasteiger charge is 2.34. The minimum absolute atomic E-state index is 0.0289. The topological polar surface area (TPSA) is 79.7 Å². The van der Waals surface area contributed by atoms with Gasteiger partial charge in [0.15, 0.2) is 5.69 Å². The number of carbonyl (C=O) groups is 1. The van der Waals surface area contributed by atoms with Crippen molar-refractivity contribution in [2.24, 2.45) is 7.05 Å². The third kappa shape index (κ3) is 3.72. The van der Waals surface area contributed by atoms with Crippen LogP contribution < -0.4 is 0 Å². The first-order valence-electron chi connectivity index (χ1n) is 7.91. The van der Waals surface area contributed by atoms with E-state index in [0.29, 0.717) is 5.69 Å². The van der Waals surface area contributed by atoms with Crippen LogP contribution >= 0.6 is 11.3 Å². The van der Waals surface area contributed by atoms with Crippen molar-refractivity contribution in [1.29, 1.82) is 0 Å². The Kier molecular flexibility index (Phi) is 4.81. The first-order valence-corrected chi connectivity index (χ1v) is 8.79. The van der Waals surface area contributed by atoms with Crippen molar-refractivity contribution in [3.63, 3.8) is 0 Å². The largest absolute Gasteiger partial charge is 0.434 e. The fourth-order valence-corrected chi connectivity index (χ4v) is 3.55. The summed E-state index contributed by atoms with van der Waals surface area (Å²) in [6.45, 7) is 3.72. The normalized spacial score (nSPS) is 11.8. The molecule has 0 spiro atoms. The van der Waals surface area contributed by atoms with Gasteiger partial charge in [0.05, 0.1) is 17.9 Å². The van der Waals surface area contributed by atoms with E-state index < -0.39 is 17.8 Å². The number of halogens is 3. The molecular formula is C16H17F3N6OS. The van der Waals surface area contributed by atoms with Crippen LogP contribution in [0.1, 0.15) is 32.6 Å². The molecular weight excluding hydrogens is 381 g/mol. The summed E-state index contributed by atoms with van der Waals surface area (Å²) in [5, 5.41) is 12.3. The van der Waals surface area contributed by atoms with E-state index in [2.05, 4.69) is 20.3 Å². The molecule has 3 heterocycles. The van der Waals surface area contributed by atoms with E-state index in [-0.39, 0.29) is 17.2 Å². The van der Waals surface area contributed by atoms with Crippen LogP contribution in [-0.4, -0.2) is 42.8 Å². The van der Waals surface area contributed by atoms with Crippen LogP contribution in [0.2, 0.25) is 0 Å². The van der Waals surface area contributed by atoms with Gasteiger partial charge in [-0.05, 0) is 19.9 Å². The predicted molar refractivity (Wildman–Crippen MR) is 93.2 cm³/mol. The monoisotopic (exact) mass is 398 g/mol. The summed E-state index contributed by atoms with van der Waals surface area (Å²) in [4.78, 5) is 17.4. The quantitative estimate of drug-likeness (QED) is 0.732. The van der Waals surface area contributed by atoms with E-state index in [1.165, 1.54) is 11.9 Å². The van der Waals surface area contributed by atoms with E-state index in [1.807, 2.05) is 20.9 Å². The number of aryl methyl sites for hydroxylation is 2. The number of rotatable bonds is 4. The number of hydrogen-bond acceptors (Lipinski definition) is 5. The average molecular weight is 398 g/mol. The maximum absolute atomic E-state index is 12.6. The zero-order valence-corrected chi connectivity index (χ0v) is 15.9. The Morgan fingerprint density at radius 3 is 2.63 bits per heavy atom. The third-order valence-electron chi connectivity index (χ3n) is 4.13. The standard InChI is InChI=1S/C16H17F3N6OS/c1-8-14(9(2)25(4)23-8)10-5-11(22-21-10)15(26)24(3)6-13-20-12(7-27-13)16(17,18)19/h5,7H,6H2,1-4H3,(H,21,22). The van der Waals surface area contributed by atoms with Gasteiger partial charge in [0.25, 0.3) is 5.91 Å². The number of aromatic nitrogens is 5. The zero-order valence-electron chi connectivity index (χ0n) is 15.0. The molecule has 0 unspecified atom stereocenters. The summed E-state index contributed by atoms with van der Waals surface area (Å²) < 4.78 is 39.6. The Labute approximate surface area is 156 Å². The fourth-order valence-electron chi connectivity index (χ4n) is 2.70. The number of H-pyrrole nitrogens is 1. The Hall–Kier alpha value is -2.69. The Bertz CT molecular complexity index is 987. The van der Waals surface area contributed by atoms with E-state index in [9.17, 15) is 18.0 Å². The summed E-state index contributed by atoms with van der Waals surface area (Å²) in [6.07, 6.45) is -4.49. The molecule has 0 radical (unpaired) electrons. The van der Waals surface area contributed by atoms with Crippen LogP contribution in [0, 0.1) is 13.8 Å². The van der Waals surface area contributed by atoms with Crippen LogP contribution in [-0.2, 0) is 19.8 Å². The summed E-state index contributed by atoms with van der Waals surface area (Å²) in [6, 6.07) is 1.61. The van der Waals surface area contributed by atoms with Crippen molar-refractivity contribution in [2.45, 2.75) is 26.6 Å². The number of nitrogens with zero attached hydrogens (tertiary/aromatic N) is 5. The Morgan fingerprint density at radius 1 is 1.37 bits per heavy atom. The van der Waals surface area contributed by atoms with Gasteiger partial charge in [-0.1, -0.05) is 0 Å².